The molecule has 1 saturated heterocycles. The summed E-state index contributed by atoms with van der Waals surface area (Å²) < 4.78 is 5.61. The van der Waals surface area contributed by atoms with Crippen molar-refractivity contribution in [3.05, 3.63) is 35.4 Å². The molecule has 9 heteroatoms. The van der Waals surface area contributed by atoms with Crippen molar-refractivity contribution in [3.8, 4) is 0 Å². The third-order valence-electron chi connectivity index (χ3n) is 5.29. The Bertz CT molecular complexity index is 826. The monoisotopic (exact) mass is 373 g/mol. The fourth-order valence-corrected chi connectivity index (χ4v) is 3.70. The Kier molecular flexibility index (Phi) is 4.57. The minimum atomic E-state index is -1.19. The zero-order chi connectivity index (χ0) is 19.2. The van der Waals surface area contributed by atoms with E-state index in [4.69, 9.17) is 10.5 Å². The highest BCUT2D eigenvalue weighted by Crippen LogP contribution is 2.30. The van der Waals surface area contributed by atoms with E-state index in [1.54, 1.807) is 4.90 Å². The van der Waals surface area contributed by atoms with Gasteiger partial charge in [-0.1, -0.05) is 24.3 Å². The molecule has 3 aliphatic rings. The van der Waals surface area contributed by atoms with Crippen LogP contribution in [0, 0.1) is 6.92 Å². The van der Waals surface area contributed by atoms with Crippen LogP contribution in [0.5, 0.6) is 0 Å². The highest BCUT2D eigenvalue weighted by atomic mass is 16.6. The van der Waals surface area contributed by atoms with Gasteiger partial charge in [0, 0.05) is 6.42 Å². The topological polar surface area (TPSA) is 136 Å². The molecule has 4 rings (SSSR count). The number of aliphatic hydroxyl groups is 3. The van der Waals surface area contributed by atoms with E-state index in [-0.39, 0.29) is 6.67 Å². The van der Waals surface area contributed by atoms with Gasteiger partial charge in [0.15, 0.2) is 17.7 Å². The molecular formula is C18H23N5O4. The summed E-state index contributed by atoms with van der Waals surface area (Å²) >= 11 is 0. The van der Waals surface area contributed by atoms with Crippen LogP contribution in [0.1, 0.15) is 11.1 Å². The standard InChI is InChI=1S/C18H23N5O4/c1-10-4-2-3-5-11(10)6-18(19)15-16(20-8-22-18)23(9-21-15)17-14(26)13(25)12(7-24)27-17/h2-5,8,12-14,17,24-26H,6-7,9,19H2,1H3/t12-,13-,14-,17-,18?/m1/s1. The van der Waals surface area contributed by atoms with Gasteiger partial charge in [-0.15, -0.1) is 0 Å². The van der Waals surface area contributed by atoms with E-state index in [0.717, 1.165) is 11.1 Å². The van der Waals surface area contributed by atoms with Crippen LogP contribution in [0.2, 0.25) is 0 Å². The number of hydrogen-bond donors (Lipinski definition) is 4. The van der Waals surface area contributed by atoms with Crippen molar-refractivity contribution < 1.29 is 20.1 Å². The molecule has 0 spiro atoms. The molecule has 0 saturated carbocycles. The van der Waals surface area contributed by atoms with Gasteiger partial charge in [0.2, 0.25) is 0 Å². The molecule has 0 bridgehead atoms. The Labute approximate surface area is 156 Å². The number of hydrogen-bond acceptors (Lipinski definition) is 9. The van der Waals surface area contributed by atoms with Crippen LogP contribution in [0.4, 0.5) is 0 Å². The second-order valence-corrected chi connectivity index (χ2v) is 7.07. The van der Waals surface area contributed by atoms with E-state index >= 15 is 0 Å². The maximum atomic E-state index is 10.3. The smallest absolute Gasteiger partial charge is 0.162 e. The molecule has 0 aromatic heterocycles. The second kappa shape index (κ2) is 6.77. The lowest BCUT2D eigenvalue weighted by molar-refractivity contribution is -0.0688. The van der Waals surface area contributed by atoms with Gasteiger partial charge in [0.05, 0.1) is 6.61 Å². The largest absolute Gasteiger partial charge is 0.394 e. The van der Waals surface area contributed by atoms with Crippen molar-refractivity contribution in [3.63, 3.8) is 0 Å². The highest BCUT2D eigenvalue weighted by Gasteiger charge is 2.50. The molecular weight excluding hydrogens is 350 g/mol. The number of aliphatic imine (C=N–C) groups is 3. The molecule has 0 aliphatic carbocycles. The fourth-order valence-electron chi connectivity index (χ4n) is 3.70. The van der Waals surface area contributed by atoms with E-state index < -0.39 is 36.8 Å². The van der Waals surface area contributed by atoms with Crippen LogP contribution >= 0.6 is 0 Å². The van der Waals surface area contributed by atoms with Crippen LogP contribution in [-0.4, -0.2) is 81.6 Å². The van der Waals surface area contributed by atoms with Crippen molar-refractivity contribution in [2.45, 2.75) is 43.5 Å². The maximum absolute atomic E-state index is 10.3. The summed E-state index contributed by atoms with van der Waals surface area (Å²) in [5, 5.41) is 29.6. The predicted molar refractivity (Wildman–Crippen MR) is 99.6 cm³/mol. The molecule has 1 aromatic rings. The van der Waals surface area contributed by atoms with Crippen molar-refractivity contribution in [1.82, 2.24) is 4.90 Å². The predicted octanol–water partition coefficient (Wildman–Crippen LogP) is -1.21. The Hall–Kier alpha value is -2.17. The first-order valence-corrected chi connectivity index (χ1v) is 8.84. The van der Waals surface area contributed by atoms with Gasteiger partial charge in [-0.2, -0.15) is 0 Å². The molecule has 5 atom stereocenters. The maximum Gasteiger partial charge on any atom is 0.162 e. The highest BCUT2D eigenvalue weighted by molar-refractivity contribution is 6.47. The average molecular weight is 373 g/mol. The Balaban J connectivity index is 1.58. The molecule has 9 nitrogen and oxygen atoms in total. The lowest BCUT2D eigenvalue weighted by atomic mass is 9.92. The van der Waals surface area contributed by atoms with Crippen LogP contribution in [0.15, 0.2) is 39.2 Å². The van der Waals surface area contributed by atoms with E-state index in [1.807, 2.05) is 31.2 Å². The molecule has 0 amide bonds. The fraction of sp³-hybridized carbons (Fsp3) is 0.500. The Morgan fingerprint density at radius 3 is 2.78 bits per heavy atom. The van der Waals surface area contributed by atoms with Crippen LogP contribution in [0.3, 0.4) is 0 Å². The summed E-state index contributed by atoms with van der Waals surface area (Å²) in [7, 11) is 0. The van der Waals surface area contributed by atoms with Gasteiger partial charge in [-0.3, -0.25) is 4.99 Å². The van der Waals surface area contributed by atoms with E-state index in [9.17, 15) is 15.3 Å². The number of ether oxygens (including phenoxy) is 1. The summed E-state index contributed by atoms with van der Waals surface area (Å²) in [4.78, 5) is 14.8. The van der Waals surface area contributed by atoms with Crippen molar-refractivity contribution in [2.24, 2.45) is 20.7 Å². The number of benzene rings is 1. The van der Waals surface area contributed by atoms with E-state index in [0.29, 0.717) is 18.0 Å². The van der Waals surface area contributed by atoms with Gasteiger partial charge < -0.3 is 30.7 Å². The first-order valence-electron chi connectivity index (χ1n) is 8.84. The van der Waals surface area contributed by atoms with Crippen LogP contribution < -0.4 is 5.73 Å². The van der Waals surface area contributed by atoms with Gasteiger partial charge in [0.1, 0.15) is 37.0 Å². The SMILES string of the molecule is Cc1ccccc1CC1(N)N=CN=C2C1=NCN2[C@@H]1O[C@H](CO)[C@@H](O)[C@H]1O. The van der Waals surface area contributed by atoms with Gasteiger partial charge in [0.25, 0.3) is 0 Å². The van der Waals surface area contributed by atoms with Crippen LogP contribution in [-0.2, 0) is 11.2 Å². The number of nitrogens with two attached hydrogens (primary N) is 1. The van der Waals surface area contributed by atoms with Crippen molar-refractivity contribution in [2.75, 3.05) is 13.3 Å². The van der Waals surface area contributed by atoms with Gasteiger partial charge >= 0.3 is 0 Å². The summed E-state index contributed by atoms with van der Waals surface area (Å²) in [6.07, 6.45) is -2.25. The summed E-state index contributed by atoms with van der Waals surface area (Å²) in [5.41, 5.74) is 8.21. The molecule has 1 fully saturated rings. The molecule has 3 heterocycles. The first-order chi connectivity index (χ1) is 12.9. The van der Waals surface area contributed by atoms with E-state index in [1.165, 1.54) is 6.34 Å². The molecule has 1 unspecified atom stereocenters. The molecule has 144 valence electrons. The van der Waals surface area contributed by atoms with Crippen molar-refractivity contribution in [1.29, 1.82) is 0 Å². The number of rotatable bonds is 4. The third kappa shape index (κ3) is 2.97. The molecule has 1 aromatic carbocycles. The number of aryl methyl sites for hydroxylation is 1. The lowest BCUT2D eigenvalue weighted by Gasteiger charge is -2.32. The zero-order valence-electron chi connectivity index (χ0n) is 14.9. The minimum Gasteiger partial charge on any atom is -0.394 e. The average Bonchev–Trinajstić information content (AvgIpc) is 3.20. The molecule has 3 aliphatic heterocycles. The number of aliphatic hydroxyl groups excluding tert-OH is 3. The number of amidine groups is 1. The first kappa shape index (κ1) is 18.2. The summed E-state index contributed by atoms with van der Waals surface area (Å²) in [6.45, 7) is 1.80. The Morgan fingerprint density at radius 2 is 2.07 bits per heavy atom. The number of nitrogens with zero attached hydrogens (tertiary/aromatic N) is 4. The lowest BCUT2D eigenvalue weighted by Crippen LogP contribution is -2.56. The molecule has 5 N–H and O–H groups in total. The summed E-state index contributed by atoms with van der Waals surface area (Å²) in [5.74, 6) is 0.468. The van der Waals surface area contributed by atoms with Gasteiger partial charge in [-0.25, -0.2) is 9.98 Å². The van der Waals surface area contributed by atoms with E-state index in [2.05, 4.69) is 15.0 Å². The normalized spacial score (nSPS) is 35.2. The second-order valence-electron chi connectivity index (χ2n) is 7.07. The molecule has 0 radical (unpaired) electrons. The molecule has 27 heavy (non-hydrogen) atoms. The quantitative estimate of drug-likeness (QED) is 0.523. The Morgan fingerprint density at radius 1 is 1.30 bits per heavy atom. The zero-order valence-corrected chi connectivity index (χ0v) is 14.9. The van der Waals surface area contributed by atoms with Gasteiger partial charge in [-0.05, 0) is 18.1 Å². The van der Waals surface area contributed by atoms with Crippen molar-refractivity contribution >= 4 is 17.9 Å². The third-order valence-corrected chi connectivity index (χ3v) is 5.29. The summed E-state index contributed by atoms with van der Waals surface area (Å²) in [6, 6.07) is 7.94. The minimum absolute atomic E-state index is 0.177. The number of fused-ring (bicyclic) bond motifs is 1. The van der Waals surface area contributed by atoms with Crippen LogP contribution in [0.25, 0.3) is 0 Å².